The number of benzene rings is 1. The van der Waals surface area contributed by atoms with Crippen molar-refractivity contribution in [3.63, 3.8) is 0 Å². The highest BCUT2D eigenvalue weighted by atomic mass is 16.4. The first-order chi connectivity index (χ1) is 20.2. The number of amides is 1. The van der Waals surface area contributed by atoms with Crippen LogP contribution in [0.3, 0.4) is 0 Å². The first-order valence-corrected chi connectivity index (χ1v) is 17.0. The van der Waals surface area contributed by atoms with E-state index in [0.717, 1.165) is 38.5 Å². The lowest BCUT2D eigenvalue weighted by molar-refractivity contribution is -0.224. The Morgan fingerprint density at radius 2 is 1.70 bits per heavy atom. The molecule has 5 heteroatoms. The van der Waals surface area contributed by atoms with Crippen LogP contribution in [0.2, 0.25) is 0 Å². The minimum atomic E-state index is -0.969. The van der Waals surface area contributed by atoms with E-state index < -0.39 is 11.4 Å². The van der Waals surface area contributed by atoms with E-state index in [4.69, 9.17) is 0 Å². The van der Waals surface area contributed by atoms with Gasteiger partial charge in [0.05, 0.1) is 5.41 Å². The Morgan fingerprint density at radius 3 is 2.42 bits per heavy atom. The van der Waals surface area contributed by atoms with Gasteiger partial charge in [0.15, 0.2) is 0 Å². The summed E-state index contributed by atoms with van der Waals surface area (Å²) in [5.74, 6) is 1.27. The second kappa shape index (κ2) is 9.23. The molecule has 0 radical (unpaired) electrons. The fraction of sp³-hybridized carbons (Fsp3) is 0.684. The average molecular weight is 585 g/mol. The van der Waals surface area contributed by atoms with Crippen molar-refractivity contribution in [2.45, 2.75) is 105 Å². The van der Waals surface area contributed by atoms with Gasteiger partial charge in [-0.15, -0.1) is 0 Å². The minimum absolute atomic E-state index is 0.0189. The number of nitrogens with one attached hydrogen (secondary N) is 2. The molecule has 43 heavy (non-hydrogen) atoms. The summed E-state index contributed by atoms with van der Waals surface area (Å²) in [5, 5.41) is 13.6. The van der Waals surface area contributed by atoms with Crippen LogP contribution < -0.4 is 5.32 Å². The van der Waals surface area contributed by atoms with E-state index in [2.05, 4.69) is 82.7 Å². The lowest BCUT2D eigenvalue weighted by Crippen LogP contribution is -2.67. The predicted molar refractivity (Wildman–Crippen MR) is 172 cm³/mol. The van der Waals surface area contributed by atoms with Crippen molar-refractivity contribution in [1.29, 1.82) is 0 Å². The fourth-order valence-electron chi connectivity index (χ4n) is 13.2. The molecule has 7 rings (SSSR count). The second-order valence-electron chi connectivity index (χ2n) is 16.8. The molecule has 5 aliphatic rings. The van der Waals surface area contributed by atoms with Crippen LogP contribution in [0.15, 0.2) is 36.4 Å². The number of hydrogen-bond donors (Lipinski definition) is 3. The van der Waals surface area contributed by atoms with Crippen molar-refractivity contribution in [2.24, 2.45) is 51.2 Å². The molecule has 232 valence electrons. The number of carbonyl (C=O) groups is 2. The topological polar surface area (TPSA) is 82.2 Å². The molecule has 4 saturated carbocycles. The molecule has 5 nitrogen and oxygen atoms in total. The Kier molecular flexibility index (Phi) is 6.26. The molecule has 2 aromatic rings. The summed E-state index contributed by atoms with van der Waals surface area (Å²) in [6.45, 7) is 19.2. The van der Waals surface area contributed by atoms with Crippen LogP contribution in [0.25, 0.3) is 10.9 Å². The second-order valence-corrected chi connectivity index (χ2v) is 16.8. The van der Waals surface area contributed by atoms with Crippen LogP contribution in [0.1, 0.15) is 104 Å². The molecule has 1 aromatic carbocycles. The fourth-order valence-corrected chi connectivity index (χ4v) is 13.2. The van der Waals surface area contributed by atoms with E-state index in [0.29, 0.717) is 23.7 Å². The van der Waals surface area contributed by atoms with E-state index in [-0.39, 0.29) is 40.0 Å². The van der Waals surface area contributed by atoms with Crippen LogP contribution >= 0.6 is 0 Å². The van der Waals surface area contributed by atoms with E-state index >= 15 is 0 Å². The van der Waals surface area contributed by atoms with Gasteiger partial charge in [0.2, 0.25) is 5.91 Å². The Balaban J connectivity index is 1.29. The summed E-state index contributed by atoms with van der Waals surface area (Å²) >= 11 is 0. The predicted octanol–water partition coefficient (Wildman–Crippen LogP) is 8.04. The van der Waals surface area contributed by atoms with Crippen LogP contribution in [-0.2, 0) is 21.4 Å². The number of aromatic nitrogens is 1. The minimum Gasteiger partial charge on any atom is -0.480 e. The molecule has 0 aliphatic heterocycles. The molecule has 1 heterocycles. The molecule has 0 saturated heterocycles. The lowest BCUT2D eigenvalue weighted by atomic mass is 9.32. The zero-order valence-electron chi connectivity index (χ0n) is 27.2. The maximum atomic E-state index is 13.9. The number of aromatic amines is 1. The standard InChI is InChI=1S/C38H52N2O3/c1-22(2)23-14-17-38(33(43)39-21-30(41)42)19-18-36(6)26(31(23)38)12-13-29-35(5)20-25-24-10-8-9-11-27(24)40-32(25)34(3,4)28(35)15-16-37(29,36)7/h8-11,23,26,28-29,31,40H,1,12-21H2,2-7H3,(H,39,43)(H,41,42)/t23-,26+,28-,29+,31+,35-,36+,37+,38-/m0/s1. The average Bonchev–Trinajstić information content (AvgIpc) is 3.52. The highest BCUT2D eigenvalue weighted by Gasteiger charge is 2.71. The van der Waals surface area contributed by atoms with Gasteiger partial charge >= 0.3 is 5.97 Å². The number of carboxylic acid groups (broad SMARTS) is 1. The molecule has 9 atom stereocenters. The first-order valence-electron chi connectivity index (χ1n) is 17.0. The maximum Gasteiger partial charge on any atom is 0.322 e. The van der Waals surface area contributed by atoms with Gasteiger partial charge in [-0.05, 0) is 122 Å². The number of carboxylic acids is 1. The molecule has 3 N–H and O–H groups in total. The highest BCUT2D eigenvalue weighted by molar-refractivity contribution is 5.87. The van der Waals surface area contributed by atoms with Crippen LogP contribution in [0.5, 0.6) is 0 Å². The third-order valence-electron chi connectivity index (χ3n) is 15.1. The van der Waals surface area contributed by atoms with E-state index in [1.807, 2.05) is 0 Å². The number of hydrogen-bond acceptors (Lipinski definition) is 2. The Hall–Kier alpha value is -2.56. The number of rotatable bonds is 4. The van der Waals surface area contributed by atoms with E-state index in [9.17, 15) is 14.7 Å². The van der Waals surface area contributed by atoms with Gasteiger partial charge in [-0.2, -0.15) is 0 Å². The van der Waals surface area contributed by atoms with Crippen molar-refractivity contribution >= 4 is 22.8 Å². The monoisotopic (exact) mass is 584 g/mol. The van der Waals surface area contributed by atoms with Gasteiger partial charge in [0, 0.05) is 22.0 Å². The van der Waals surface area contributed by atoms with Crippen molar-refractivity contribution in [2.75, 3.05) is 6.54 Å². The van der Waals surface area contributed by atoms with Gasteiger partial charge in [0.1, 0.15) is 6.54 Å². The molecule has 5 aliphatic carbocycles. The quantitative estimate of drug-likeness (QED) is 0.318. The normalized spacial score (nSPS) is 42.6. The van der Waals surface area contributed by atoms with Crippen molar-refractivity contribution < 1.29 is 14.7 Å². The van der Waals surface area contributed by atoms with Gasteiger partial charge in [0.25, 0.3) is 0 Å². The maximum absolute atomic E-state index is 13.9. The highest BCUT2D eigenvalue weighted by Crippen LogP contribution is 2.77. The zero-order chi connectivity index (χ0) is 30.7. The molecule has 1 aromatic heterocycles. The third-order valence-corrected chi connectivity index (χ3v) is 15.1. The van der Waals surface area contributed by atoms with Gasteiger partial charge in [-0.1, -0.05) is 65.0 Å². The van der Waals surface area contributed by atoms with Crippen molar-refractivity contribution in [1.82, 2.24) is 10.3 Å². The van der Waals surface area contributed by atoms with Gasteiger partial charge < -0.3 is 15.4 Å². The van der Waals surface area contributed by atoms with Crippen molar-refractivity contribution in [3.05, 3.63) is 47.7 Å². The molecule has 0 unspecified atom stereocenters. The van der Waals surface area contributed by atoms with Crippen LogP contribution in [0.4, 0.5) is 0 Å². The summed E-state index contributed by atoms with van der Waals surface area (Å²) in [7, 11) is 0. The summed E-state index contributed by atoms with van der Waals surface area (Å²) < 4.78 is 0. The molecule has 0 bridgehead atoms. The van der Waals surface area contributed by atoms with E-state index in [1.54, 1.807) is 5.56 Å². The number of fused-ring (bicyclic) bond motifs is 10. The van der Waals surface area contributed by atoms with Crippen molar-refractivity contribution in [3.8, 4) is 0 Å². The largest absolute Gasteiger partial charge is 0.480 e. The SMILES string of the molecule is C=C(C)[C@@H]1CC[C@]2(C(=O)NCC(=O)O)CC[C@]3(C)[C@H](CC[C@@H]4[C@@]5(C)Cc6c([nH]c7ccccc67)C(C)(C)[C@@H]5CC[C@]43C)[C@@H]12. The lowest BCUT2D eigenvalue weighted by Gasteiger charge is -2.72. The van der Waals surface area contributed by atoms with Crippen LogP contribution in [0, 0.1) is 51.2 Å². The van der Waals surface area contributed by atoms with Crippen LogP contribution in [-0.4, -0.2) is 28.5 Å². The number of H-pyrrole nitrogens is 1. The number of aliphatic carboxylic acids is 1. The Morgan fingerprint density at radius 1 is 0.953 bits per heavy atom. The summed E-state index contributed by atoms with van der Waals surface area (Å²) in [6, 6.07) is 8.90. The number of para-hydroxylation sites is 1. The molecular weight excluding hydrogens is 532 g/mol. The molecular formula is C38H52N2O3. The molecule has 0 spiro atoms. The summed E-state index contributed by atoms with van der Waals surface area (Å²) in [4.78, 5) is 29.2. The molecule has 4 fully saturated rings. The smallest absolute Gasteiger partial charge is 0.322 e. The van der Waals surface area contributed by atoms with Gasteiger partial charge in [-0.25, -0.2) is 0 Å². The Bertz CT molecular complexity index is 1520. The molecule has 1 amide bonds. The third kappa shape index (κ3) is 3.63. The number of allylic oxidation sites excluding steroid dienone is 1. The zero-order valence-corrected chi connectivity index (χ0v) is 27.2. The summed E-state index contributed by atoms with van der Waals surface area (Å²) in [5.41, 5.74) is 5.63. The van der Waals surface area contributed by atoms with E-state index in [1.165, 1.54) is 41.4 Å². The number of carbonyl (C=O) groups excluding carboxylic acids is 1. The Labute approximate surface area is 257 Å². The first kappa shape index (κ1) is 29.2. The summed E-state index contributed by atoms with van der Waals surface area (Å²) in [6.07, 6.45) is 9.74. The van der Waals surface area contributed by atoms with Gasteiger partial charge in [-0.3, -0.25) is 9.59 Å².